The van der Waals surface area contributed by atoms with Crippen molar-refractivity contribution in [2.24, 2.45) is 10.2 Å². The number of pyridine rings is 1. The molecule has 180 valence electrons. The summed E-state index contributed by atoms with van der Waals surface area (Å²) in [4.78, 5) is 34.0. The molecule has 1 amide bonds. The minimum absolute atomic E-state index is 0.101. The summed E-state index contributed by atoms with van der Waals surface area (Å²) >= 11 is 0. The van der Waals surface area contributed by atoms with E-state index < -0.39 is 11.9 Å². The topological polar surface area (TPSA) is 124 Å². The minimum atomic E-state index is -0.544. The van der Waals surface area contributed by atoms with Crippen LogP contribution in [0.5, 0.6) is 5.88 Å². The van der Waals surface area contributed by atoms with Gasteiger partial charge in [0.1, 0.15) is 18.8 Å². The van der Waals surface area contributed by atoms with E-state index in [-0.39, 0.29) is 31.3 Å². The molecule has 0 aliphatic rings. The Bertz CT molecular complexity index is 1600. The summed E-state index contributed by atoms with van der Waals surface area (Å²) in [5.74, 6) is -0.781. The molecule has 0 aliphatic heterocycles. The average Bonchev–Trinajstić information content (AvgIpc) is 3.38. The Morgan fingerprint density at radius 2 is 1.69 bits per heavy atom. The quantitative estimate of drug-likeness (QED) is 0.266. The monoisotopic (exact) mass is 482 g/mol. The third-order valence-corrected chi connectivity index (χ3v) is 5.61. The zero-order valence-corrected chi connectivity index (χ0v) is 19.4. The number of carbonyl (C=O) groups is 2. The van der Waals surface area contributed by atoms with E-state index in [2.05, 4.69) is 20.2 Å². The minimum Gasteiger partial charge on any atom is -0.493 e. The van der Waals surface area contributed by atoms with Crippen LogP contribution in [0.2, 0.25) is 0 Å². The molecule has 0 bridgehead atoms. The van der Waals surface area contributed by atoms with Crippen LogP contribution in [0.3, 0.4) is 0 Å². The Morgan fingerprint density at radius 3 is 2.47 bits per heavy atom. The Kier molecular flexibility index (Phi) is 6.23. The van der Waals surface area contributed by atoms with E-state index in [4.69, 9.17) is 4.74 Å². The maximum absolute atomic E-state index is 12.9. The summed E-state index contributed by atoms with van der Waals surface area (Å²) in [7, 11) is 0. The largest absolute Gasteiger partial charge is 0.493 e. The van der Waals surface area contributed by atoms with Gasteiger partial charge in [0.2, 0.25) is 5.88 Å². The first-order valence-corrected chi connectivity index (χ1v) is 11.3. The van der Waals surface area contributed by atoms with E-state index in [1.165, 1.54) is 4.57 Å². The van der Waals surface area contributed by atoms with E-state index in [0.717, 1.165) is 11.0 Å². The summed E-state index contributed by atoms with van der Waals surface area (Å²) in [6.07, 6.45) is 1.66. The van der Waals surface area contributed by atoms with Crippen molar-refractivity contribution >= 4 is 39.5 Å². The molecule has 0 unspecified atom stereocenters. The van der Waals surface area contributed by atoms with Gasteiger partial charge in [-0.2, -0.15) is 0 Å². The zero-order valence-electron chi connectivity index (χ0n) is 19.4. The van der Waals surface area contributed by atoms with Crippen molar-refractivity contribution in [2.45, 2.75) is 20.0 Å². The summed E-state index contributed by atoms with van der Waals surface area (Å²) in [5, 5.41) is 19.3. The number of aromatic hydroxyl groups is 1. The van der Waals surface area contributed by atoms with Gasteiger partial charge in [-0.25, -0.2) is 4.98 Å². The lowest BCUT2D eigenvalue weighted by Crippen LogP contribution is -2.12. The molecular weight excluding hydrogens is 460 g/mol. The zero-order chi connectivity index (χ0) is 25.1. The van der Waals surface area contributed by atoms with Gasteiger partial charge in [-0.15, -0.1) is 10.2 Å². The fourth-order valence-corrected chi connectivity index (χ4v) is 4.06. The van der Waals surface area contributed by atoms with Crippen molar-refractivity contribution in [3.63, 3.8) is 0 Å². The molecule has 10 nitrogen and oxygen atoms in total. The van der Waals surface area contributed by atoms with E-state index in [1.807, 2.05) is 36.4 Å². The number of hydrogen-bond acceptors (Lipinski definition) is 7. The van der Waals surface area contributed by atoms with Gasteiger partial charge < -0.3 is 14.4 Å². The number of nitrogens with zero attached hydrogens (tertiary/aromatic N) is 6. The molecule has 3 aromatic heterocycles. The second-order valence-corrected chi connectivity index (χ2v) is 7.90. The molecule has 36 heavy (non-hydrogen) atoms. The van der Waals surface area contributed by atoms with Crippen molar-refractivity contribution in [3.8, 4) is 17.4 Å². The standard InChI is InChI=1S/C26H22N6O4/c1-2-36-23(34)16-32-20-12-5-3-9-17(20)24(26(32)35)30-29-22(33)15-31-21-13-6-4-10-18(21)28-25(31)19-11-7-8-14-27-19/h3-14,35H,2,15-16H2,1H3. The average molecular weight is 483 g/mol. The number of esters is 1. The summed E-state index contributed by atoms with van der Waals surface area (Å²) in [5.41, 5.74) is 2.78. The van der Waals surface area contributed by atoms with Crippen LogP contribution in [-0.2, 0) is 27.4 Å². The van der Waals surface area contributed by atoms with E-state index in [0.29, 0.717) is 22.4 Å². The normalized spacial score (nSPS) is 11.5. The molecule has 0 aliphatic carbocycles. The highest BCUT2D eigenvalue weighted by Gasteiger charge is 2.20. The molecule has 0 saturated heterocycles. The fourth-order valence-electron chi connectivity index (χ4n) is 4.06. The number of para-hydroxylation sites is 3. The number of rotatable bonds is 7. The third kappa shape index (κ3) is 4.31. The molecular formula is C26H22N6O4. The van der Waals surface area contributed by atoms with Crippen molar-refractivity contribution in [1.29, 1.82) is 0 Å². The van der Waals surface area contributed by atoms with E-state index in [1.54, 1.807) is 48.0 Å². The Labute approximate surface area is 205 Å². The lowest BCUT2D eigenvalue weighted by Gasteiger charge is -2.06. The van der Waals surface area contributed by atoms with Crippen LogP contribution in [0.4, 0.5) is 5.69 Å². The number of amides is 1. The number of benzene rings is 2. The molecule has 5 rings (SSSR count). The van der Waals surface area contributed by atoms with Gasteiger partial charge in [0.15, 0.2) is 11.5 Å². The first-order chi connectivity index (χ1) is 17.6. The Morgan fingerprint density at radius 1 is 0.944 bits per heavy atom. The summed E-state index contributed by atoms with van der Waals surface area (Å²) in [6, 6.07) is 20.0. The molecule has 1 N–H and O–H groups in total. The number of carbonyl (C=O) groups excluding carboxylic acids is 2. The number of imidazole rings is 1. The number of fused-ring (bicyclic) bond motifs is 2. The summed E-state index contributed by atoms with van der Waals surface area (Å²) in [6.45, 7) is 1.61. The molecule has 0 spiro atoms. The lowest BCUT2D eigenvalue weighted by atomic mass is 10.2. The molecule has 10 heteroatoms. The van der Waals surface area contributed by atoms with Crippen LogP contribution in [0.1, 0.15) is 6.92 Å². The van der Waals surface area contributed by atoms with Gasteiger partial charge in [0.05, 0.1) is 23.2 Å². The number of aromatic nitrogens is 4. The van der Waals surface area contributed by atoms with Gasteiger partial charge in [-0.05, 0) is 37.3 Å². The summed E-state index contributed by atoms with van der Waals surface area (Å²) < 4.78 is 8.13. The van der Waals surface area contributed by atoms with Crippen LogP contribution in [-0.4, -0.2) is 42.7 Å². The third-order valence-electron chi connectivity index (χ3n) is 5.61. The first kappa shape index (κ1) is 22.9. The second-order valence-electron chi connectivity index (χ2n) is 7.90. The molecule has 5 aromatic rings. The fraction of sp³-hybridized carbons (Fsp3) is 0.154. The SMILES string of the molecule is CCOC(=O)Cn1c(O)c(N=NC(=O)Cn2c(-c3ccccn3)nc3ccccc32)c2ccccc21. The van der Waals surface area contributed by atoms with E-state index in [9.17, 15) is 14.7 Å². The Hall–Kier alpha value is -4.86. The van der Waals surface area contributed by atoms with Gasteiger partial charge in [0, 0.05) is 11.6 Å². The molecule has 3 heterocycles. The van der Waals surface area contributed by atoms with Gasteiger partial charge in [0.25, 0.3) is 5.91 Å². The highest BCUT2D eigenvalue weighted by Crippen LogP contribution is 2.38. The molecule has 0 radical (unpaired) electrons. The lowest BCUT2D eigenvalue weighted by molar-refractivity contribution is -0.143. The van der Waals surface area contributed by atoms with Gasteiger partial charge in [-0.1, -0.05) is 36.4 Å². The Balaban J connectivity index is 1.48. The van der Waals surface area contributed by atoms with Crippen molar-refractivity contribution in [2.75, 3.05) is 6.61 Å². The van der Waals surface area contributed by atoms with Crippen molar-refractivity contribution in [1.82, 2.24) is 19.1 Å². The van der Waals surface area contributed by atoms with Crippen LogP contribution in [0.25, 0.3) is 33.5 Å². The highest BCUT2D eigenvalue weighted by molar-refractivity contribution is 5.96. The second kappa shape index (κ2) is 9.79. The van der Waals surface area contributed by atoms with Gasteiger partial charge in [-0.3, -0.25) is 19.1 Å². The van der Waals surface area contributed by atoms with Crippen molar-refractivity contribution < 1.29 is 19.4 Å². The maximum atomic E-state index is 12.9. The maximum Gasteiger partial charge on any atom is 0.326 e. The predicted octanol–water partition coefficient (Wildman–Crippen LogP) is 4.63. The van der Waals surface area contributed by atoms with Crippen LogP contribution in [0.15, 0.2) is 83.2 Å². The van der Waals surface area contributed by atoms with E-state index >= 15 is 0 Å². The molecule has 0 atom stereocenters. The van der Waals surface area contributed by atoms with Crippen LogP contribution in [0, 0.1) is 0 Å². The smallest absolute Gasteiger partial charge is 0.326 e. The number of azo groups is 1. The number of hydrogen-bond donors (Lipinski definition) is 1. The molecule has 2 aromatic carbocycles. The molecule has 0 saturated carbocycles. The van der Waals surface area contributed by atoms with Crippen LogP contribution < -0.4 is 0 Å². The highest BCUT2D eigenvalue weighted by atomic mass is 16.5. The predicted molar refractivity (Wildman–Crippen MR) is 133 cm³/mol. The van der Waals surface area contributed by atoms with Crippen molar-refractivity contribution in [3.05, 3.63) is 72.9 Å². The first-order valence-electron chi connectivity index (χ1n) is 11.3. The molecule has 0 fully saturated rings. The number of ether oxygens (including phenoxy) is 1. The van der Waals surface area contributed by atoms with Crippen LogP contribution >= 0.6 is 0 Å². The van der Waals surface area contributed by atoms with Gasteiger partial charge >= 0.3 is 5.97 Å².